The van der Waals surface area contributed by atoms with Crippen molar-refractivity contribution >= 4 is 27.4 Å². The van der Waals surface area contributed by atoms with Gasteiger partial charge in [0.2, 0.25) is 0 Å². The fourth-order valence-corrected chi connectivity index (χ4v) is 4.19. The SMILES string of the molecule is CCc1cc2c(N3CCCCC3CCO)nc(C)nc2s1. The van der Waals surface area contributed by atoms with Gasteiger partial charge in [-0.1, -0.05) is 6.92 Å². The second kappa shape index (κ2) is 6.28. The van der Waals surface area contributed by atoms with E-state index in [1.54, 1.807) is 11.3 Å². The maximum Gasteiger partial charge on any atom is 0.141 e. The summed E-state index contributed by atoms with van der Waals surface area (Å²) in [7, 11) is 0. The first-order valence-corrected chi connectivity index (χ1v) is 8.69. The van der Waals surface area contributed by atoms with Crippen LogP contribution in [0, 0.1) is 6.92 Å². The molecule has 4 nitrogen and oxygen atoms in total. The Bertz CT molecular complexity index is 623. The van der Waals surface area contributed by atoms with Gasteiger partial charge in [0.25, 0.3) is 0 Å². The Kier molecular flexibility index (Phi) is 4.40. The second-order valence-electron chi connectivity index (χ2n) is 5.73. The number of piperidine rings is 1. The summed E-state index contributed by atoms with van der Waals surface area (Å²) < 4.78 is 0. The highest BCUT2D eigenvalue weighted by atomic mass is 32.1. The molecule has 114 valence electrons. The molecule has 1 unspecified atom stereocenters. The van der Waals surface area contributed by atoms with E-state index < -0.39 is 0 Å². The standard InChI is InChI=1S/C16H23N3OS/c1-3-13-10-14-15(17-11(2)18-16(14)21-13)19-8-5-4-6-12(19)7-9-20/h10,12,20H,3-9H2,1-2H3. The number of aromatic nitrogens is 2. The van der Waals surface area contributed by atoms with E-state index >= 15 is 0 Å². The number of hydrogen-bond acceptors (Lipinski definition) is 5. The second-order valence-corrected chi connectivity index (χ2v) is 6.85. The molecule has 0 spiro atoms. The predicted molar refractivity (Wildman–Crippen MR) is 88.2 cm³/mol. The van der Waals surface area contributed by atoms with E-state index in [-0.39, 0.29) is 6.61 Å². The van der Waals surface area contributed by atoms with Gasteiger partial charge in [-0.05, 0) is 45.1 Å². The van der Waals surface area contributed by atoms with Crippen LogP contribution in [-0.2, 0) is 6.42 Å². The molecule has 2 aromatic heterocycles. The molecule has 0 aromatic carbocycles. The summed E-state index contributed by atoms with van der Waals surface area (Å²) in [5.74, 6) is 1.92. The van der Waals surface area contributed by atoms with Crippen LogP contribution in [0.2, 0.25) is 0 Å². The van der Waals surface area contributed by atoms with E-state index in [9.17, 15) is 5.11 Å². The quantitative estimate of drug-likeness (QED) is 0.941. The summed E-state index contributed by atoms with van der Waals surface area (Å²) in [5, 5.41) is 10.5. The number of aliphatic hydroxyl groups excluding tert-OH is 1. The van der Waals surface area contributed by atoms with Crippen LogP contribution in [0.25, 0.3) is 10.2 Å². The molecule has 1 N–H and O–H groups in total. The summed E-state index contributed by atoms with van der Waals surface area (Å²) in [6.07, 6.45) is 5.47. The van der Waals surface area contributed by atoms with Crippen molar-refractivity contribution in [3.05, 3.63) is 16.8 Å². The van der Waals surface area contributed by atoms with Crippen molar-refractivity contribution in [3.8, 4) is 0 Å². The van der Waals surface area contributed by atoms with Crippen LogP contribution in [0.15, 0.2) is 6.07 Å². The van der Waals surface area contributed by atoms with Gasteiger partial charge < -0.3 is 10.0 Å². The molecule has 0 aliphatic carbocycles. The first kappa shape index (κ1) is 14.7. The lowest BCUT2D eigenvalue weighted by Crippen LogP contribution is -2.40. The van der Waals surface area contributed by atoms with Crippen LogP contribution < -0.4 is 4.90 Å². The first-order chi connectivity index (χ1) is 10.2. The first-order valence-electron chi connectivity index (χ1n) is 7.87. The van der Waals surface area contributed by atoms with Gasteiger partial charge in [0.1, 0.15) is 16.5 Å². The fourth-order valence-electron chi connectivity index (χ4n) is 3.18. The van der Waals surface area contributed by atoms with Crippen LogP contribution in [0.1, 0.15) is 43.3 Å². The summed E-state index contributed by atoms with van der Waals surface area (Å²) in [4.78, 5) is 14.2. The highest BCUT2D eigenvalue weighted by Gasteiger charge is 2.25. The third-order valence-corrected chi connectivity index (χ3v) is 5.42. The van der Waals surface area contributed by atoms with Crippen LogP contribution in [0.3, 0.4) is 0 Å². The Hall–Kier alpha value is -1.20. The lowest BCUT2D eigenvalue weighted by atomic mass is 9.99. The number of thiophene rings is 1. The van der Waals surface area contributed by atoms with Crippen molar-refractivity contribution in [3.63, 3.8) is 0 Å². The minimum absolute atomic E-state index is 0.248. The third kappa shape index (κ3) is 2.90. The zero-order valence-electron chi connectivity index (χ0n) is 12.8. The Morgan fingerprint density at radius 3 is 3.00 bits per heavy atom. The Morgan fingerprint density at radius 2 is 2.24 bits per heavy atom. The number of anilines is 1. The molecular formula is C16H23N3OS. The monoisotopic (exact) mass is 305 g/mol. The normalized spacial score (nSPS) is 19.4. The van der Waals surface area contributed by atoms with Crippen molar-refractivity contribution in [1.29, 1.82) is 0 Å². The number of aliphatic hydroxyl groups is 1. The number of hydrogen-bond donors (Lipinski definition) is 1. The maximum absolute atomic E-state index is 9.34. The zero-order chi connectivity index (χ0) is 14.8. The minimum atomic E-state index is 0.248. The van der Waals surface area contributed by atoms with Gasteiger partial charge in [0, 0.05) is 24.1 Å². The summed E-state index contributed by atoms with van der Waals surface area (Å²) in [6.45, 7) is 5.44. The molecule has 5 heteroatoms. The molecule has 0 saturated carbocycles. The summed E-state index contributed by atoms with van der Waals surface area (Å²) >= 11 is 1.78. The molecule has 1 fully saturated rings. The number of fused-ring (bicyclic) bond motifs is 1. The molecule has 3 heterocycles. The van der Waals surface area contributed by atoms with Gasteiger partial charge in [-0.25, -0.2) is 9.97 Å². The third-order valence-electron chi connectivity index (χ3n) is 4.25. The molecule has 2 aromatic rings. The maximum atomic E-state index is 9.34. The smallest absolute Gasteiger partial charge is 0.141 e. The number of aryl methyl sites for hydroxylation is 2. The molecule has 0 bridgehead atoms. The zero-order valence-corrected chi connectivity index (χ0v) is 13.6. The average Bonchev–Trinajstić information content (AvgIpc) is 2.90. The average molecular weight is 305 g/mol. The van der Waals surface area contributed by atoms with Gasteiger partial charge in [0.15, 0.2) is 0 Å². The molecular weight excluding hydrogens is 282 g/mol. The van der Waals surface area contributed by atoms with Crippen LogP contribution in [-0.4, -0.2) is 34.3 Å². The number of rotatable bonds is 4. The Labute approximate surface area is 129 Å². The Balaban J connectivity index is 2.06. The largest absolute Gasteiger partial charge is 0.396 e. The molecule has 0 amide bonds. The summed E-state index contributed by atoms with van der Waals surface area (Å²) in [6, 6.07) is 2.66. The van der Waals surface area contributed by atoms with Crippen molar-refractivity contribution in [2.45, 2.75) is 52.0 Å². The van der Waals surface area contributed by atoms with Crippen LogP contribution in [0.5, 0.6) is 0 Å². The van der Waals surface area contributed by atoms with Crippen molar-refractivity contribution in [1.82, 2.24) is 9.97 Å². The lowest BCUT2D eigenvalue weighted by molar-refractivity contribution is 0.262. The molecule has 21 heavy (non-hydrogen) atoms. The van der Waals surface area contributed by atoms with Crippen LogP contribution in [0.4, 0.5) is 5.82 Å². The van der Waals surface area contributed by atoms with Crippen molar-refractivity contribution in [2.75, 3.05) is 18.1 Å². The topological polar surface area (TPSA) is 49.2 Å². The highest BCUT2D eigenvalue weighted by Crippen LogP contribution is 2.34. The highest BCUT2D eigenvalue weighted by molar-refractivity contribution is 7.18. The van der Waals surface area contributed by atoms with Gasteiger partial charge in [0.05, 0.1) is 5.39 Å². The predicted octanol–water partition coefficient (Wildman–Crippen LogP) is 3.30. The molecule has 1 saturated heterocycles. The van der Waals surface area contributed by atoms with Gasteiger partial charge in [-0.15, -0.1) is 11.3 Å². The van der Waals surface area contributed by atoms with Gasteiger partial charge in [-0.2, -0.15) is 0 Å². The van der Waals surface area contributed by atoms with E-state index in [0.29, 0.717) is 6.04 Å². The molecule has 1 atom stereocenters. The number of nitrogens with zero attached hydrogens (tertiary/aromatic N) is 3. The van der Waals surface area contributed by atoms with E-state index in [2.05, 4.69) is 22.9 Å². The molecule has 0 radical (unpaired) electrons. The minimum Gasteiger partial charge on any atom is -0.396 e. The van der Waals surface area contributed by atoms with E-state index in [4.69, 9.17) is 4.98 Å². The van der Waals surface area contributed by atoms with E-state index in [0.717, 1.165) is 42.3 Å². The Morgan fingerprint density at radius 1 is 1.38 bits per heavy atom. The van der Waals surface area contributed by atoms with Crippen molar-refractivity contribution < 1.29 is 5.11 Å². The molecule has 1 aliphatic heterocycles. The summed E-state index contributed by atoms with van der Waals surface area (Å²) in [5.41, 5.74) is 0. The fraction of sp³-hybridized carbons (Fsp3) is 0.625. The van der Waals surface area contributed by atoms with Gasteiger partial charge in [-0.3, -0.25) is 0 Å². The van der Waals surface area contributed by atoms with E-state index in [1.165, 1.54) is 23.1 Å². The van der Waals surface area contributed by atoms with Crippen molar-refractivity contribution in [2.24, 2.45) is 0 Å². The van der Waals surface area contributed by atoms with Gasteiger partial charge >= 0.3 is 0 Å². The molecule has 1 aliphatic rings. The van der Waals surface area contributed by atoms with Crippen LogP contribution >= 0.6 is 11.3 Å². The molecule has 3 rings (SSSR count). The van der Waals surface area contributed by atoms with E-state index in [1.807, 2.05) is 6.92 Å². The lowest BCUT2D eigenvalue weighted by Gasteiger charge is -2.36.